The van der Waals surface area contributed by atoms with Gasteiger partial charge in [0.05, 0.1) is 18.2 Å². The molecule has 0 fully saturated rings. The summed E-state index contributed by atoms with van der Waals surface area (Å²) in [5, 5.41) is 16.1. The maximum Gasteiger partial charge on any atom is 0.167 e. The molecule has 1 rings (SSSR count). The average Bonchev–Trinajstić information content (AvgIpc) is 2.66. The van der Waals surface area contributed by atoms with Crippen molar-refractivity contribution in [3.05, 3.63) is 16.6 Å². The molecule has 6 heteroatoms. The molecule has 96 valence electrons. The zero-order valence-electron chi connectivity index (χ0n) is 10.4. The first-order valence-corrected chi connectivity index (χ1v) is 6.76. The first kappa shape index (κ1) is 14.3. The van der Waals surface area contributed by atoms with Gasteiger partial charge in [0.1, 0.15) is 0 Å². The van der Waals surface area contributed by atoms with Gasteiger partial charge >= 0.3 is 0 Å². The highest BCUT2D eigenvalue weighted by molar-refractivity contribution is 7.80. The number of thiocarbonyl (C=S) groups is 1. The zero-order valence-corrected chi connectivity index (χ0v) is 12.0. The SMILES string of the molecule is CC(C)(C)NC(=S)N[C@@H](CO)Cc1cncs1. The molecule has 1 atom stereocenters. The van der Waals surface area contributed by atoms with E-state index in [9.17, 15) is 5.11 Å². The van der Waals surface area contributed by atoms with Crippen LogP contribution in [0.5, 0.6) is 0 Å². The maximum absolute atomic E-state index is 9.31. The van der Waals surface area contributed by atoms with Crippen LogP contribution in [0.25, 0.3) is 0 Å². The lowest BCUT2D eigenvalue weighted by molar-refractivity contribution is 0.254. The van der Waals surface area contributed by atoms with Crippen LogP contribution in [-0.4, -0.2) is 33.4 Å². The minimum absolute atomic E-state index is 0.0455. The highest BCUT2D eigenvalue weighted by Gasteiger charge is 2.15. The fraction of sp³-hybridized carbons (Fsp3) is 0.636. The van der Waals surface area contributed by atoms with E-state index >= 15 is 0 Å². The van der Waals surface area contributed by atoms with Crippen molar-refractivity contribution in [2.45, 2.75) is 38.8 Å². The van der Waals surface area contributed by atoms with Crippen molar-refractivity contribution in [1.82, 2.24) is 15.6 Å². The van der Waals surface area contributed by atoms with Gasteiger partial charge in [-0.05, 0) is 33.0 Å². The topological polar surface area (TPSA) is 57.2 Å². The third-order valence-electron chi connectivity index (χ3n) is 1.98. The van der Waals surface area contributed by atoms with Gasteiger partial charge in [-0.25, -0.2) is 0 Å². The summed E-state index contributed by atoms with van der Waals surface area (Å²) in [5.74, 6) is 0. The molecule has 0 aliphatic heterocycles. The lowest BCUT2D eigenvalue weighted by Crippen LogP contribution is -2.50. The molecule has 0 spiro atoms. The van der Waals surface area contributed by atoms with Crippen LogP contribution in [0.1, 0.15) is 25.6 Å². The van der Waals surface area contributed by atoms with Gasteiger partial charge < -0.3 is 15.7 Å². The molecule has 3 N–H and O–H groups in total. The van der Waals surface area contributed by atoms with Crippen LogP contribution in [0.2, 0.25) is 0 Å². The van der Waals surface area contributed by atoms with Gasteiger partial charge in [-0.15, -0.1) is 11.3 Å². The van der Waals surface area contributed by atoms with E-state index in [2.05, 4.69) is 15.6 Å². The Morgan fingerprint density at radius 1 is 1.59 bits per heavy atom. The monoisotopic (exact) mass is 273 g/mol. The van der Waals surface area contributed by atoms with Crippen LogP contribution in [0.3, 0.4) is 0 Å². The van der Waals surface area contributed by atoms with Crippen molar-refractivity contribution in [1.29, 1.82) is 0 Å². The average molecular weight is 273 g/mol. The summed E-state index contributed by atoms with van der Waals surface area (Å²) in [6, 6.07) is -0.0715. The fourth-order valence-electron chi connectivity index (χ4n) is 1.31. The Morgan fingerprint density at radius 3 is 2.76 bits per heavy atom. The highest BCUT2D eigenvalue weighted by Crippen LogP contribution is 2.08. The van der Waals surface area contributed by atoms with E-state index in [1.54, 1.807) is 16.8 Å². The van der Waals surface area contributed by atoms with Crippen LogP contribution in [0.4, 0.5) is 0 Å². The number of thiazole rings is 1. The lowest BCUT2D eigenvalue weighted by atomic mass is 10.1. The summed E-state index contributed by atoms with van der Waals surface area (Å²) in [5.41, 5.74) is 1.71. The van der Waals surface area contributed by atoms with Crippen LogP contribution >= 0.6 is 23.6 Å². The van der Waals surface area contributed by atoms with Gasteiger partial charge in [0.15, 0.2) is 5.11 Å². The van der Waals surface area contributed by atoms with Gasteiger partial charge in [0.2, 0.25) is 0 Å². The molecule has 1 aromatic heterocycles. The molecule has 4 nitrogen and oxygen atoms in total. The predicted octanol–water partition coefficient (Wildman–Crippen LogP) is 1.31. The molecule has 0 bridgehead atoms. The van der Waals surface area contributed by atoms with Gasteiger partial charge in [-0.2, -0.15) is 0 Å². The summed E-state index contributed by atoms with van der Waals surface area (Å²) >= 11 is 6.78. The number of rotatable bonds is 4. The van der Waals surface area contributed by atoms with E-state index in [4.69, 9.17) is 12.2 Å². The number of nitrogens with zero attached hydrogens (tertiary/aromatic N) is 1. The Morgan fingerprint density at radius 2 is 2.29 bits per heavy atom. The Bertz CT molecular complexity index is 346. The molecule has 0 unspecified atom stereocenters. The molecular weight excluding hydrogens is 254 g/mol. The third kappa shape index (κ3) is 5.95. The molecule has 1 heterocycles. The molecule has 0 aromatic carbocycles. The first-order valence-electron chi connectivity index (χ1n) is 5.47. The number of hydrogen-bond donors (Lipinski definition) is 3. The van der Waals surface area contributed by atoms with E-state index in [1.165, 1.54) is 0 Å². The molecule has 1 aromatic rings. The van der Waals surface area contributed by atoms with E-state index in [0.29, 0.717) is 5.11 Å². The predicted molar refractivity (Wildman–Crippen MR) is 75.3 cm³/mol. The van der Waals surface area contributed by atoms with E-state index in [0.717, 1.165) is 11.3 Å². The van der Waals surface area contributed by atoms with Gasteiger partial charge in [0, 0.05) is 23.0 Å². The molecular formula is C11H19N3OS2. The number of aliphatic hydroxyl groups is 1. The van der Waals surface area contributed by atoms with Gasteiger partial charge in [0.25, 0.3) is 0 Å². The fourth-order valence-corrected chi connectivity index (χ4v) is 2.46. The van der Waals surface area contributed by atoms with Crippen molar-refractivity contribution in [2.24, 2.45) is 0 Å². The summed E-state index contributed by atoms with van der Waals surface area (Å²) in [4.78, 5) is 5.14. The van der Waals surface area contributed by atoms with Crippen molar-refractivity contribution in [2.75, 3.05) is 6.61 Å². The maximum atomic E-state index is 9.31. The number of nitrogens with one attached hydrogen (secondary N) is 2. The highest BCUT2D eigenvalue weighted by atomic mass is 32.1. The van der Waals surface area contributed by atoms with E-state index in [-0.39, 0.29) is 18.2 Å². The molecule has 0 saturated heterocycles. The van der Waals surface area contributed by atoms with Crippen LogP contribution in [0, 0.1) is 0 Å². The summed E-state index contributed by atoms with van der Waals surface area (Å²) in [6.45, 7) is 6.16. The second-order valence-corrected chi connectivity index (χ2v) is 6.28. The Hall–Kier alpha value is -0.720. The Kier molecular flexibility index (Phi) is 5.30. The van der Waals surface area contributed by atoms with Crippen LogP contribution in [-0.2, 0) is 6.42 Å². The van der Waals surface area contributed by atoms with Crippen molar-refractivity contribution >= 4 is 28.7 Å². The van der Waals surface area contributed by atoms with Crippen LogP contribution < -0.4 is 10.6 Å². The van der Waals surface area contributed by atoms with Crippen molar-refractivity contribution < 1.29 is 5.11 Å². The van der Waals surface area contributed by atoms with Crippen LogP contribution in [0.15, 0.2) is 11.7 Å². The second-order valence-electron chi connectivity index (χ2n) is 4.90. The smallest absolute Gasteiger partial charge is 0.167 e. The molecule has 0 radical (unpaired) electrons. The van der Waals surface area contributed by atoms with Crippen molar-refractivity contribution in [3.8, 4) is 0 Å². The zero-order chi connectivity index (χ0) is 12.9. The molecule has 17 heavy (non-hydrogen) atoms. The largest absolute Gasteiger partial charge is 0.394 e. The third-order valence-corrected chi connectivity index (χ3v) is 3.00. The first-order chi connectivity index (χ1) is 7.90. The standard InChI is InChI=1S/C11H19N3OS2/c1-11(2,3)14-10(16)13-8(6-15)4-9-5-12-7-17-9/h5,7-8,15H,4,6H2,1-3H3,(H2,13,14,16)/t8-/m1/s1. The molecule has 0 amide bonds. The number of hydrogen-bond acceptors (Lipinski definition) is 4. The molecule has 0 saturated carbocycles. The molecule has 0 aliphatic rings. The summed E-state index contributed by atoms with van der Waals surface area (Å²) in [7, 11) is 0. The minimum Gasteiger partial charge on any atom is -0.394 e. The number of aliphatic hydroxyl groups excluding tert-OH is 1. The van der Waals surface area contributed by atoms with E-state index < -0.39 is 0 Å². The minimum atomic E-state index is -0.0748. The summed E-state index contributed by atoms with van der Waals surface area (Å²) in [6.07, 6.45) is 2.54. The lowest BCUT2D eigenvalue weighted by Gasteiger charge is -2.25. The Balaban J connectivity index is 2.44. The van der Waals surface area contributed by atoms with Gasteiger partial charge in [-0.3, -0.25) is 4.98 Å². The Labute approximate surface area is 111 Å². The van der Waals surface area contributed by atoms with E-state index in [1.807, 2.05) is 27.0 Å². The molecule has 0 aliphatic carbocycles. The van der Waals surface area contributed by atoms with Gasteiger partial charge in [-0.1, -0.05) is 0 Å². The van der Waals surface area contributed by atoms with Crippen molar-refractivity contribution in [3.63, 3.8) is 0 Å². The normalized spacial score (nSPS) is 13.2. The number of aromatic nitrogens is 1. The quantitative estimate of drug-likeness (QED) is 0.722. The second kappa shape index (κ2) is 6.28. The summed E-state index contributed by atoms with van der Waals surface area (Å²) < 4.78 is 0.